The lowest BCUT2D eigenvalue weighted by atomic mass is 10.1. The number of aromatic nitrogens is 2. The molecule has 0 saturated carbocycles. The minimum atomic E-state index is 0.445. The van der Waals surface area contributed by atoms with Gasteiger partial charge in [-0.15, -0.1) is 11.3 Å². The maximum atomic E-state index is 8.80. The molecule has 0 aliphatic heterocycles. The maximum Gasteiger partial charge on any atom is 0.268 e. The van der Waals surface area contributed by atoms with E-state index >= 15 is 0 Å². The summed E-state index contributed by atoms with van der Waals surface area (Å²) >= 11 is 7.17. The van der Waals surface area contributed by atoms with Gasteiger partial charge in [0.2, 0.25) is 0 Å². The van der Waals surface area contributed by atoms with Crippen molar-refractivity contribution in [1.29, 1.82) is 5.26 Å². The lowest BCUT2D eigenvalue weighted by Gasteiger charge is -1.95. The number of halogens is 1. The molecule has 20 heavy (non-hydrogen) atoms. The molecular formula is C14H8ClN3OS. The van der Waals surface area contributed by atoms with Gasteiger partial charge in [0.1, 0.15) is 10.9 Å². The van der Waals surface area contributed by atoms with Crippen LogP contribution in [0.25, 0.3) is 10.8 Å². The summed E-state index contributed by atoms with van der Waals surface area (Å²) in [6, 6.07) is 13.1. The van der Waals surface area contributed by atoms with Gasteiger partial charge in [0.05, 0.1) is 4.88 Å². The quantitative estimate of drug-likeness (QED) is 0.735. The third-order valence-electron chi connectivity index (χ3n) is 2.67. The molecule has 0 fully saturated rings. The average molecular weight is 302 g/mol. The van der Waals surface area contributed by atoms with E-state index in [2.05, 4.69) is 16.2 Å². The van der Waals surface area contributed by atoms with Crippen molar-refractivity contribution in [2.45, 2.75) is 6.42 Å². The molecule has 0 aliphatic rings. The van der Waals surface area contributed by atoms with E-state index < -0.39 is 0 Å². The highest BCUT2D eigenvalue weighted by Gasteiger charge is 2.11. The molecule has 0 saturated heterocycles. The average Bonchev–Trinajstić information content (AvgIpc) is 3.10. The van der Waals surface area contributed by atoms with E-state index in [4.69, 9.17) is 21.4 Å². The molecular weight excluding hydrogens is 294 g/mol. The zero-order valence-corrected chi connectivity index (χ0v) is 11.8. The Balaban J connectivity index is 1.80. The first-order chi connectivity index (χ1) is 9.74. The van der Waals surface area contributed by atoms with E-state index in [1.165, 1.54) is 11.3 Å². The number of hydrogen-bond acceptors (Lipinski definition) is 5. The van der Waals surface area contributed by atoms with Gasteiger partial charge in [0.25, 0.3) is 5.89 Å². The summed E-state index contributed by atoms with van der Waals surface area (Å²) in [5, 5.41) is 13.5. The summed E-state index contributed by atoms with van der Waals surface area (Å²) < 4.78 is 5.22. The number of thiophene rings is 1. The molecule has 0 radical (unpaired) electrons. The second kappa shape index (κ2) is 5.45. The zero-order valence-electron chi connectivity index (χ0n) is 10.2. The van der Waals surface area contributed by atoms with Crippen molar-refractivity contribution in [3.63, 3.8) is 0 Å². The Morgan fingerprint density at radius 1 is 1.20 bits per heavy atom. The summed E-state index contributed by atoms with van der Waals surface area (Å²) in [6.45, 7) is 0. The van der Waals surface area contributed by atoms with E-state index in [1.807, 2.05) is 30.3 Å². The third-order valence-corrected chi connectivity index (χ3v) is 3.90. The molecule has 4 nitrogen and oxygen atoms in total. The zero-order chi connectivity index (χ0) is 13.9. The first-order valence-corrected chi connectivity index (χ1v) is 7.01. The number of hydrogen-bond donors (Lipinski definition) is 0. The van der Waals surface area contributed by atoms with Crippen LogP contribution in [-0.4, -0.2) is 10.1 Å². The van der Waals surface area contributed by atoms with Crippen molar-refractivity contribution in [3.05, 3.63) is 57.7 Å². The Bertz CT molecular complexity index is 770. The standard InChI is InChI=1S/C14H8ClN3OS/c15-10-3-1-9(2-4-10)7-13-17-14(19-18-13)12-6-5-11(8-16)20-12/h1-6H,7H2. The van der Waals surface area contributed by atoms with Gasteiger partial charge in [-0.3, -0.25) is 0 Å². The SMILES string of the molecule is N#Cc1ccc(-c2nc(Cc3ccc(Cl)cc3)no2)s1. The van der Waals surface area contributed by atoms with Gasteiger partial charge in [-0.2, -0.15) is 10.2 Å². The molecule has 98 valence electrons. The van der Waals surface area contributed by atoms with E-state index in [0.29, 0.717) is 28.0 Å². The molecule has 3 rings (SSSR count). The van der Waals surface area contributed by atoms with E-state index in [0.717, 1.165) is 10.4 Å². The molecule has 0 N–H and O–H groups in total. The van der Waals surface area contributed by atoms with Gasteiger partial charge in [-0.05, 0) is 29.8 Å². The molecule has 0 atom stereocenters. The minimum Gasteiger partial charge on any atom is -0.333 e. The molecule has 0 unspecified atom stereocenters. The fraction of sp³-hybridized carbons (Fsp3) is 0.0714. The lowest BCUT2D eigenvalue weighted by Crippen LogP contribution is -1.90. The van der Waals surface area contributed by atoms with E-state index in [1.54, 1.807) is 6.07 Å². The maximum absolute atomic E-state index is 8.80. The highest BCUT2D eigenvalue weighted by molar-refractivity contribution is 7.15. The normalized spacial score (nSPS) is 10.4. The first-order valence-electron chi connectivity index (χ1n) is 5.82. The van der Waals surface area contributed by atoms with Crippen LogP contribution >= 0.6 is 22.9 Å². The molecule has 0 bridgehead atoms. The van der Waals surface area contributed by atoms with Crippen molar-refractivity contribution in [3.8, 4) is 16.8 Å². The molecule has 1 aromatic carbocycles. The molecule has 2 heterocycles. The van der Waals surface area contributed by atoms with E-state index in [-0.39, 0.29) is 0 Å². The summed E-state index contributed by atoms with van der Waals surface area (Å²) in [5.74, 6) is 1.05. The predicted molar refractivity (Wildman–Crippen MR) is 76.6 cm³/mol. The summed E-state index contributed by atoms with van der Waals surface area (Å²) in [4.78, 5) is 5.76. The van der Waals surface area contributed by atoms with Gasteiger partial charge in [0.15, 0.2) is 5.82 Å². The minimum absolute atomic E-state index is 0.445. The second-order valence-corrected chi connectivity index (χ2v) is 5.61. The smallest absolute Gasteiger partial charge is 0.268 e. The molecule has 3 aromatic rings. The Morgan fingerprint density at radius 3 is 2.70 bits per heavy atom. The Labute approximate surface area is 124 Å². The van der Waals surface area contributed by atoms with Gasteiger partial charge in [-0.25, -0.2) is 0 Å². The Hall–Kier alpha value is -2.16. The van der Waals surface area contributed by atoms with Crippen LogP contribution in [0.5, 0.6) is 0 Å². The summed E-state index contributed by atoms with van der Waals surface area (Å²) in [6.07, 6.45) is 0.581. The fourth-order valence-electron chi connectivity index (χ4n) is 1.72. The van der Waals surface area contributed by atoms with Crippen LogP contribution in [0, 0.1) is 11.3 Å². The molecule has 6 heteroatoms. The van der Waals surface area contributed by atoms with E-state index in [9.17, 15) is 0 Å². The van der Waals surface area contributed by atoms with Crippen LogP contribution in [0.3, 0.4) is 0 Å². The number of nitrogens with zero attached hydrogens (tertiary/aromatic N) is 3. The number of rotatable bonds is 3. The van der Waals surface area contributed by atoms with Crippen molar-refractivity contribution in [1.82, 2.24) is 10.1 Å². The first kappa shape index (κ1) is 12.9. The van der Waals surface area contributed by atoms with Gasteiger partial charge in [0, 0.05) is 11.4 Å². The monoisotopic (exact) mass is 301 g/mol. The van der Waals surface area contributed by atoms with Crippen LogP contribution in [0.4, 0.5) is 0 Å². The van der Waals surface area contributed by atoms with Crippen LogP contribution in [0.1, 0.15) is 16.3 Å². The van der Waals surface area contributed by atoms with Crippen LogP contribution in [0.15, 0.2) is 40.9 Å². The Morgan fingerprint density at radius 2 is 2.00 bits per heavy atom. The Kier molecular flexibility index (Phi) is 3.50. The molecule has 0 aliphatic carbocycles. The number of benzene rings is 1. The van der Waals surface area contributed by atoms with Crippen LogP contribution in [-0.2, 0) is 6.42 Å². The van der Waals surface area contributed by atoms with Gasteiger partial charge < -0.3 is 4.52 Å². The van der Waals surface area contributed by atoms with Gasteiger partial charge >= 0.3 is 0 Å². The highest BCUT2D eigenvalue weighted by atomic mass is 35.5. The largest absolute Gasteiger partial charge is 0.333 e. The molecule has 0 spiro atoms. The number of nitriles is 1. The lowest BCUT2D eigenvalue weighted by molar-refractivity contribution is 0.425. The van der Waals surface area contributed by atoms with Crippen molar-refractivity contribution in [2.75, 3.05) is 0 Å². The van der Waals surface area contributed by atoms with Crippen molar-refractivity contribution < 1.29 is 4.52 Å². The van der Waals surface area contributed by atoms with Gasteiger partial charge in [-0.1, -0.05) is 28.9 Å². The summed E-state index contributed by atoms with van der Waals surface area (Å²) in [7, 11) is 0. The molecule has 0 amide bonds. The topological polar surface area (TPSA) is 62.7 Å². The molecule has 2 aromatic heterocycles. The highest BCUT2D eigenvalue weighted by Crippen LogP contribution is 2.26. The van der Waals surface area contributed by atoms with Crippen molar-refractivity contribution >= 4 is 22.9 Å². The predicted octanol–water partition coefficient (Wildman–Crippen LogP) is 3.91. The second-order valence-electron chi connectivity index (χ2n) is 4.09. The fourth-order valence-corrected chi connectivity index (χ4v) is 2.57. The third kappa shape index (κ3) is 2.72. The summed E-state index contributed by atoms with van der Waals surface area (Å²) in [5.41, 5.74) is 1.06. The van der Waals surface area contributed by atoms with Crippen molar-refractivity contribution in [2.24, 2.45) is 0 Å². The van der Waals surface area contributed by atoms with Crippen LogP contribution < -0.4 is 0 Å². The van der Waals surface area contributed by atoms with Crippen LogP contribution in [0.2, 0.25) is 5.02 Å².